The van der Waals surface area contributed by atoms with Gasteiger partial charge in [-0.1, -0.05) is 40.2 Å². The van der Waals surface area contributed by atoms with Gasteiger partial charge in [-0.25, -0.2) is 0 Å². The van der Waals surface area contributed by atoms with Gasteiger partial charge in [0, 0.05) is 22.8 Å². The standard InChI is InChI=1S/C22H19BrN2O3/c1-15(26)25(18-11-9-17(23)10-12-18)19-6-4-5-16(13-19)14-28-21-8-3-2-7-20(21)22(24)27/h2-13H,14H2,1H3,(H2,24,27). The molecule has 5 nitrogen and oxygen atoms in total. The molecule has 3 aromatic rings. The molecular formula is C22H19BrN2O3. The Hall–Kier alpha value is -3.12. The third kappa shape index (κ3) is 4.58. The van der Waals surface area contributed by atoms with E-state index in [1.807, 2.05) is 48.5 Å². The van der Waals surface area contributed by atoms with Crippen LogP contribution in [0.15, 0.2) is 77.3 Å². The SMILES string of the molecule is CC(=O)N(c1ccc(Br)cc1)c1cccc(COc2ccccc2C(N)=O)c1. The number of amides is 2. The molecule has 0 saturated carbocycles. The fourth-order valence-corrected chi connectivity index (χ4v) is 3.11. The second-order valence-corrected chi connectivity index (χ2v) is 7.07. The quantitative estimate of drug-likeness (QED) is 0.599. The summed E-state index contributed by atoms with van der Waals surface area (Å²) in [6, 6.07) is 21.9. The molecular weight excluding hydrogens is 420 g/mol. The summed E-state index contributed by atoms with van der Waals surface area (Å²) in [5, 5.41) is 0. The Balaban J connectivity index is 1.84. The summed E-state index contributed by atoms with van der Waals surface area (Å²) in [6.45, 7) is 1.76. The predicted octanol–water partition coefficient (Wildman–Crippen LogP) is 4.81. The Morgan fingerprint density at radius 2 is 1.68 bits per heavy atom. The molecule has 0 heterocycles. The van der Waals surface area contributed by atoms with Crippen molar-refractivity contribution in [2.24, 2.45) is 5.73 Å². The first-order valence-corrected chi connectivity index (χ1v) is 9.42. The molecule has 0 fully saturated rings. The Bertz CT molecular complexity index is 1000. The minimum Gasteiger partial charge on any atom is -0.488 e. The molecule has 28 heavy (non-hydrogen) atoms. The van der Waals surface area contributed by atoms with E-state index in [4.69, 9.17) is 10.5 Å². The minimum atomic E-state index is -0.539. The smallest absolute Gasteiger partial charge is 0.252 e. The highest BCUT2D eigenvalue weighted by Crippen LogP contribution is 2.28. The number of hydrogen-bond donors (Lipinski definition) is 1. The highest BCUT2D eigenvalue weighted by Gasteiger charge is 2.15. The van der Waals surface area contributed by atoms with Crippen molar-refractivity contribution >= 4 is 39.1 Å². The lowest BCUT2D eigenvalue weighted by Crippen LogP contribution is -2.22. The van der Waals surface area contributed by atoms with Crippen molar-refractivity contribution in [3.8, 4) is 5.75 Å². The first kappa shape index (κ1) is 19.6. The molecule has 6 heteroatoms. The number of rotatable bonds is 6. The van der Waals surface area contributed by atoms with Crippen molar-refractivity contribution < 1.29 is 14.3 Å². The summed E-state index contributed by atoms with van der Waals surface area (Å²) in [5.74, 6) is -0.210. The number of ether oxygens (including phenoxy) is 1. The van der Waals surface area contributed by atoms with Gasteiger partial charge < -0.3 is 10.5 Å². The fourth-order valence-electron chi connectivity index (χ4n) is 2.85. The monoisotopic (exact) mass is 438 g/mol. The van der Waals surface area contributed by atoms with Gasteiger partial charge >= 0.3 is 0 Å². The number of hydrogen-bond acceptors (Lipinski definition) is 3. The van der Waals surface area contributed by atoms with E-state index in [1.165, 1.54) is 6.92 Å². The van der Waals surface area contributed by atoms with Crippen LogP contribution in [0.3, 0.4) is 0 Å². The van der Waals surface area contributed by atoms with Gasteiger partial charge in [0.15, 0.2) is 0 Å². The van der Waals surface area contributed by atoms with E-state index < -0.39 is 5.91 Å². The van der Waals surface area contributed by atoms with Crippen LogP contribution in [0.1, 0.15) is 22.8 Å². The number of carbonyl (C=O) groups excluding carboxylic acids is 2. The summed E-state index contributed by atoms with van der Waals surface area (Å²) < 4.78 is 6.73. The lowest BCUT2D eigenvalue weighted by atomic mass is 10.1. The third-order valence-electron chi connectivity index (χ3n) is 4.12. The molecule has 0 aliphatic carbocycles. The van der Waals surface area contributed by atoms with Crippen LogP contribution in [0.2, 0.25) is 0 Å². The van der Waals surface area contributed by atoms with Crippen LogP contribution in [-0.4, -0.2) is 11.8 Å². The van der Waals surface area contributed by atoms with Gasteiger partial charge in [-0.3, -0.25) is 14.5 Å². The average molecular weight is 439 g/mol. The van der Waals surface area contributed by atoms with Crippen LogP contribution in [0.4, 0.5) is 11.4 Å². The van der Waals surface area contributed by atoms with E-state index >= 15 is 0 Å². The Morgan fingerprint density at radius 3 is 2.36 bits per heavy atom. The van der Waals surface area contributed by atoms with Gasteiger partial charge in [-0.15, -0.1) is 0 Å². The van der Waals surface area contributed by atoms with Crippen molar-refractivity contribution in [3.05, 3.63) is 88.4 Å². The molecule has 142 valence electrons. The topological polar surface area (TPSA) is 72.6 Å². The minimum absolute atomic E-state index is 0.0977. The molecule has 0 aliphatic rings. The molecule has 3 rings (SSSR count). The van der Waals surface area contributed by atoms with Gasteiger partial charge in [0.1, 0.15) is 12.4 Å². The number of nitrogens with zero attached hydrogens (tertiary/aromatic N) is 1. The largest absolute Gasteiger partial charge is 0.488 e. The Morgan fingerprint density at radius 1 is 0.964 bits per heavy atom. The molecule has 0 atom stereocenters. The molecule has 2 amide bonds. The van der Waals surface area contributed by atoms with Crippen LogP contribution in [-0.2, 0) is 11.4 Å². The van der Waals surface area contributed by atoms with Crippen LogP contribution < -0.4 is 15.4 Å². The Labute approximate surface area is 171 Å². The maximum atomic E-state index is 12.3. The molecule has 0 spiro atoms. The summed E-state index contributed by atoms with van der Waals surface area (Å²) in [5.41, 5.74) is 8.09. The van der Waals surface area contributed by atoms with E-state index in [9.17, 15) is 9.59 Å². The van der Waals surface area contributed by atoms with Crippen LogP contribution in [0.25, 0.3) is 0 Å². The zero-order chi connectivity index (χ0) is 20.1. The molecule has 0 unspecified atom stereocenters. The van der Waals surface area contributed by atoms with Crippen molar-refractivity contribution in [3.63, 3.8) is 0 Å². The third-order valence-corrected chi connectivity index (χ3v) is 4.64. The van der Waals surface area contributed by atoms with Crippen LogP contribution in [0.5, 0.6) is 5.75 Å². The lowest BCUT2D eigenvalue weighted by molar-refractivity contribution is -0.115. The second-order valence-electron chi connectivity index (χ2n) is 6.15. The molecule has 2 N–H and O–H groups in total. The number of primary amides is 1. The number of halogens is 1. The van der Waals surface area contributed by atoms with E-state index in [-0.39, 0.29) is 12.5 Å². The van der Waals surface area contributed by atoms with Crippen LogP contribution >= 0.6 is 15.9 Å². The zero-order valence-corrected chi connectivity index (χ0v) is 16.8. The summed E-state index contributed by atoms with van der Waals surface area (Å²) in [7, 11) is 0. The highest BCUT2D eigenvalue weighted by atomic mass is 79.9. The maximum Gasteiger partial charge on any atom is 0.252 e. The van der Waals surface area contributed by atoms with Crippen molar-refractivity contribution in [2.45, 2.75) is 13.5 Å². The summed E-state index contributed by atoms with van der Waals surface area (Å²) >= 11 is 3.41. The van der Waals surface area contributed by atoms with Gasteiger partial charge in [0.2, 0.25) is 5.91 Å². The number of anilines is 2. The van der Waals surface area contributed by atoms with Crippen LogP contribution in [0, 0.1) is 0 Å². The molecule has 0 aromatic heterocycles. The average Bonchev–Trinajstić information content (AvgIpc) is 2.68. The van der Waals surface area contributed by atoms with Gasteiger partial charge in [-0.2, -0.15) is 0 Å². The first-order valence-electron chi connectivity index (χ1n) is 8.62. The predicted molar refractivity (Wildman–Crippen MR) is 113 cm³/mol. The van der Waals surface area contributed by atoms with Gasteiger partial charge in [0.05, 0.1) is 5.56 Å². The molecule has 3 aromatic carbocycles. The first-order chi connectivity index (χ1) is 13.5. The molecule has 0 radical (unpaired) electrons. The van der Waals surface area contributed by atoms with Crippen molar-refractivity contribution in [2.75, 3.05) is 4.90 Å². The molecule has 0 saturated heterocycles. The maximum absolute atomic E-state index is 12.3. The number of para-hydroxylation sites is 1. The van der Waals surface area contributed by atoms with Gasteiger partial charge in [0.25, 0.3) is 5.91 Å². The Kier molecular flexibility index (Phi) is 6.11. The van der Waals surface area contributed by atoms with E-state index in [2.05, 4.69) is 15.9 Å². The number of nitrogens with two attached hydrogens (primary N) is 1. The van der Waals surface area contributed by atoms with Crippen molar-refractivity contribution in [1.29, 1.82) is 0 Å². The van der Waals surface area contributed by atoms with Crippen molar-refractivity contribution in [1.82, 2.24) is 0 Å². The van der Waals surface area contributed by atoms with E-state index in [0.717, 1.165) is 21.4 Å². The highest BCUT2D eigenvalue weighted by molar-refractivity contribution is 9.10. The lowest BCUT2D eigenvalue weighted by Gasteiger charge is -2.22. The number of carbonyl (C=O) groups is 2. The fraction of sp³-hybridized carbons (Fsp3) is 0.0909. The van der Waals surface area contributed by atoms with E-state index in [1.54, 1.807) is 29.2 Å². The van der Waals surface area contributed by atoms with Gasteiger partial charge in [-0.05, 0) is 54.1 Å². The van der Waals surface area contributed by atoms with E-state index in [0.29, 0.717) is 11.3 Å². The second kappa shape index (κ2) is 8.71. The molecule has 0 aliphatic heterocycles. The zero-order valence-electron chi connectivity index (χ0n) is 15.3. The molecule has 0 bridgehead atoms. The normalized spacial score (nSPS) is 10.4. The summed E-state index contributed by atoms with van der Waals surface area (Å²) in [6.07, 6.45) is 0. The summed E-state index contributed by atoms with van der Waals surface area (Å²) in [4.78, 5) is 25.4. The number of benzene rings is 3.